The maximum atomic E-state index is 10.4. The van der Waals surface area contributed by atoms with E-state index in [1.165, 1.54) is 6.92 Å². The molecule has 0 saturated carbocycles. The Morgan fingerprint density at radius 1 is 1.00 bits per heavy atom. The van der Waals surface area contributed by atoms with Crippen molar-refractivity contribution >= 4 is 11.9 Å². The number of unbranched alkanes of at least 4 members (excludes halogenated alkanes) is 1. The van der Waals surface area contributed by atoms with Gasteiger partial charge in [-0.2, -0.15) is 0 Å². The lowest BCUT2D eigenvalue weighted by molar-refractivity contribution is -0.143. The van der Waals surface area contributed by atoms with Gasteiger partial charge in [0.2, 0.25) is 0 Å². The Labute approximate surface area is 98.3 Å². The van der Waals surface area contributed by atoms with Crippen LogP contribution < -0.4 is 0 Å². The SMILES string of the molecule is CCCC(=O)OCC.CCCCOC(C)=O. The molecule has 0 aromatic rings. The second kappa shape index (κ2) is 13.9. The maximum absolute atomic E-state index is 10.4. The molecular formula is C12H24O4. The highest BCUT2D eigenvalue weighted by Gasteiger charge is 1.95. The van der Waals surface area contributed by atoms with Gasteiger partial charge in [-0.3, -0.25) is 9.59 Å². The average Bonchev–Trinajstić information content (AvgIpc) is 2.19. The first kappa shape index (κ1) is 17.3. The first-order chi connectivity index (χ1) is 7.58. The van der Waals surface area contributed by atoms with Crippen molar-refractivity contribution in [3.05, 3.63) is 0 Å². The smallest absolute Gasteiger partial charge is 0.305 e. The number of ether oxygens (including phenoxy) is 2. The minimum Gasteiger partial charge on any atom is -0.466 e. The number of hydrogen-bond donors (Lipinski definition) is 0. The van der Waals surface area contributed by atoms with E-state index in [4.69, 9.17) is 0 Å². The van der Waals surface area contributed by atoms with Gasteiger partial charge in [-0.25, -0.2) is 0 Å². The molecule has 0 saturated heterocycles. The molecule has 0 aliphatic carbocycles. The summed E-state index contributed by atoms with van der Waals surface area (Å²) >= 11 is 0. The highest BCUT2D eigenvalue weighted by Crippen LogP contribution is 1.89. The van der Waals surface area contributed by atoms with Crippen molar-refractivity contribution < 1.29 is 19.1 Å². The molecule has 0 heterocycles. The van der Waals surface area contributed by atoms with Crippen LogP contribution in [0.15, 0.2) is 0 Å². The van der Waals surface area contributed by atoms with E-state index >= 15 is 0 Å². The lowest BCUT2D eigenvalue weighted by atomic mass is 10.3. The standard InChI is InChI=1S/2C6H12O2/c1-3-4-5-8-6(2)7;1-3-5-6(7)8-4-2/h2*3-5H2,1-2H3. The predicted molar refractivity (Wildman–Crippen MR) is 63.1 cm³/mol. The summed E-state index contributed by atoms with van der Waals surface area (Å²) in [6, 6.07) is 0. The molecule has 4 nitrogen and oxygen atoms in total. The van der Waals surface area contributed by atoms with Crippen LogP contribution in [0.4, 0.5) is 0 Å². The van der Waals surface area contributed by atoms with Crippen molar-refractivity contribution in [3.8, 4) is 0 Å². The number of esters is 2. The Morgan fingerprint density at radius 3 is 2.00 bits per heavy atom. The lowest BCUT2D eigenvalue weighted by Crippen LogP contribution is -2.01. The van der Waals surface area contributed by atoms with Crippen LogP contribution in [-0.2, 0) is 19.1 Å². The van der Waals surface area contributed by atoms with Crippen LogP contribution in [0.25, 0.3) is 0 Å². The highest BCUT2D eigenvalue weighted by molar-refractivity contribution is 5.69. The van der Waals surface area contributed by atoms with Crippen LogP contribution in [0.1, 0.15) is 53.4 Å². The van der Waals surface area contributed by atoms with Crippen LogP contribution >= 0.6 is 0 Å². The van der Waals surface area contributed by atoms with Gasteiger partial charge in [0.05, 0.1) is 13.2 Å². The molecule has 0 radical (unpaired) electrons. The molecule has 4 heteroatoms. The third-order valence-corrected chi connectivity index (χ3v) is 1.56. The van der Waals surface area contributed by atoms with Crippen molar-refractivity contribution in [2.24, 2.45) is 0 Å². The van der Waals surface area contributed by atoms with E-state index in [-0.39, 0.29) is 11.9 Å². The summed E-state index contributed by atoms with van der Waals surface area (Å²) in [4.78, 5) is 20.5. The molecule has 0 aromatic carbocycles. The van der Waals surface area contributed by atoms with Gasteiger partial charge in [0.25, 0.3) is 0 Å². The molecule has 16 heavy (non-hydrogen) atoms. The number of hydrogen-bond acceptors (Lipinski definition) is 4. The van der Waals surface area contributed by atoms with Gasteiger partial charge >= 0.3 is 11.9 Å². The fraction of sp³-hybridized carbons (Fsp3) is 0.833. The van der Waals surface area contributed by atoms with E-state index in [1.54, 1.807) is 0 Å². The summed E-state index contributed by atoms with van der Waals surface area (Å²) in [5.74, 6) is -0.270. The van der Waals surface area contributed by atoms with Gasteiger partial charge in [0.15, 0.2) is 0 Å². The summed E-state index contributed by atoms with van der Waals surface area (Å²) in [5, 5.41) is 0. The molecule has 0 spiro atoms. The average molecular weight is 232 g/mol. The summed E-state index contributed by atoms with van der Waals surface area (Å²) < 4.78 is 9.29. The van der Waals surface area contributed by atoms with Gasteiger partial charge < -0.3 is 9.47 Å². The molecule has 0 N–H and O–H groups in total. The zero-order valence-corrected chi connectivity index (χ0v) is 10.9. The van der Waals surface area contributed by atoms with Crippen molar-refractivity contribution in [1.29, 1.82) is 0 Å². The molecule has 0 rings (SSSR count). The van der Waals surface area contributed by atoms with Crippen LogP contribution in [0.3, 0.4) is 0 Å². The van der Waals surface area contributed by atoms with E-state index in [9.17, 15) is 9.59 Å². The van der Waals surface area contributed by atoms with Crippen LogP contribution in [0, 0.1) is 0 Å². The number of carbonyl (C=O) groups is 2. The van der Waals surface area contributed by atoms with E-state index in [0.29, 0.717) is 19.6 Å². The fourth-order valence-electron chi connectivity index (χ4n) is 0.798. The summed E-state index contributed by atoms with van der Waals surface area (Å²) in [7, 11) is 0. The number of carbonyl (C=O) groups excluding carboxylic acids is 2. The van der Waals surface area contributed by atoms with E-state index in [0.717, 1.165) is 19.3 Å². The summed E-state index contributed by atoms with van der Waals surface area (Å²) in [5.41, 5.74) is 0. The zero-order chi connectivity index (χ0) is 12.8. The molecule has 0 bridgehead atoms. The Bertz CT molecular complexity index is 170. The van der Waals surface area contributed by atoms with E-state index in [2.05, 4.69) is 16.4 Å². The molecule has 0 unspecified atom stereocenters. The molecule has 0 aromatic heterocycles. The van der Waals surface area contributed by atoms with Crippen molar-refractivity contribution in [2.75, 3.05) is 13.2 Å². The predicted octanol–water partition coefficient (Wildman–Crippen LogP) is 2.70. The van der Waals surface area contributed by atoms with E-state index < -0.39 is 0 Å². The fourth-order valence-corrected chi connectivity index (χ4v) is 0.798. The molecule has 0 fully saturated rings. The quantitative estimate of drug-likeness (QED) is 0.522. The lowest BCUT2D eigenvalue weighted by Gasteiger charge is -1.96. The molecule has 0 amide bonds. The Hall–Kier alpha value is -1.06. The van der Waals surface area contributed by atoms with Crippen LogP contribution in [-0.4, -0.2) is 25.2 Å². The van der Waals surface area contributed by atoms with Crippen molar-refractivity contribution in [3.63, 3.8) is 0 Å². The van der Waals surface area contributed by atoms with Crippen molar-refractivity contribution in [2.45, 2.75) is 53.4 Å². The minimum absolute atomic E-state index is 0.0880. The maximum Gasteiger partial charge on any atom is 0.305 e. The number of rotatable bonds is 6. The van der Waals surface area contributed by atoms with Gasteiger partial charge in [-0.15, -0.1) is 0 Å². The minimum atomic E-state index is -0.182. The van der Waals surface area contributed by atoms with Gasteiger partial charge in [-0.1, -0.05) is 20.3 Å². The molecule has 0 atom stereocenters. The molecule has 0 aliphatic heterocycles. The molecule has 96 valence electrons. The van der Waals surface area contributed by atoms with Gasteiger partial charge in [0, 0.05) is 13.3 Å². The third kappa shape index (κ3) is 18.7. The first-order valence-electron chi connectivity index (χ1n) is 5.87. The van der Waals surface area contributed by atoms with Crippen molar-refractivity contribution in [1.82, 2.24) is 0 Å². The highest BCUT2D eigenvalue weighted by atomic mass is 16.5. The van der Waals surface area contributed by atoms with Gasteiger partial charge in [-0.05, 0) is 19.8 Å². The van der Waals surface area contributed by atoms with Gasteiger partial charge in [0.1, 0.15) is 0 Å². The van der Waals surface area contributed by atoms with E-state index in [1.807, 2.05) is 13.8 Å². The first-order valence-corrected chi connectivity index (χ1v) is 5.87. The third-order valence-electron chi connectivity index (χ3n) is 1.56. The molecular weight excluding hydrogens is 208 g/mol. The summed E-state index contributed by atoms with van der Waals surface area (Å²) in [6.07, 6.45) is 3.47. The van der Waals surface area contributed by atoms with Crippen LogP contribution in [0.5, 0.6) is 0 Å². The van der Waals surface area contributed by atoms with Crippen LogP contribution in [0.2, 0.25) is 0 Å². The monoisotopic (exact) mass is 232 g/mol. The normalized spacial score (nSPS) is 8.75. The Kier molecular flexibility index (Phi) is 15.1. The zero-order valence-electron chi connectivity index (χ0n) is 10.9. The Morgan fingerprint density at radius 2 is 1.62 bits per heavy atom. The largest absolute Gasteiger partial charge is 0.466 e. The summed E-state index contributed by atoms with van der Waals surface area (Å²) in [6.45, 7) is 8.33. The molecule has 0 aliphatic rings. The topological polar surface area (TPSA) is 52.6 Å². The second-order valence-electron chi connectivity index (χ2n) is 3.25. The Balaban J connectivity index is 0. The second-order valence-corrected chi connectivity index (χ2v) is 3.25.